The van der Waals surface area contributed by atoms with Crippen molar-refractivity contribution in [2.24, 2.45) is 0 Å². The lowest BCUT2D eigenvalue weighted by molar-refractivity contribution is -0.118. The summed E-state index contributed by atoms with van der Waals surface area (Å²) in [7, 11) is 1.69. The number of rotatable bonds is 10. The van der Waals surface area contributed by atoms with Gasteiger partial charge in [0.1, 0.15) is 0 Å². The first kappa shape index (κ1) is 24.1. The minimum absolute atomic E-state index is 0.0971. The van der Waals surface area contributed by atoms with Gasteiger partial charge in [-0.3, -0.25) is 9.59 Å². The Morgan fingerprint density at radius 1 is 0.939 bits per heavy atom. The Morgan fingerprint density at radius 3 is 2.06 bits per heavy atom. The van der Waals surface area contributed by atoms with Gasteiger partial charge in [0.2, 0.25) is 23.6 Å². The minimum Gasteiger partial charge on any atom is -0.339 e. The molecule has 0 unspecified atom stereocenters. The zero-order valence-electron chi connectivity index (χ0n) is 19.7. The van der Waals surface area contributed by atoms with E-state index in [9.17, 15) is 9.59 Å². The van der Waals surface area contributed by atoms with Gasteiger partial charge >= 0.3 is 0 Å². The highest BCUT2D eigenvalue weighted by atomic mass is 16.5. The molecule has 0 aliphatic carbocycles. The lowest BCUT2D eigenvalue weighted by Crippen LogP contribution is -2.26. The third-order valence-corrected chi connectivity index (χ3v) is 5.01. The normalized spacial score (nSPS) is 11.2. The molecule has 0 fully saturated rings. The third kappa shape index (κ3) is 6.71. The smallest absolute Gasteiger partial charge is 0.227 e. The van der Waals surface area contributed by atoms with Gasteiger partial charge in [-0.25, -0.2) is 0 Å². The molecule has 0 aliphatic rings. The van der Waals surface area contributed by atoms with E-state index in [0.29, 0.717) is 47.6 Å². The molecule has 33 heavy (non-hydrogen) atoms. The second kappa shape index (κ2) is 10.8. The molecular formula is C23H30N6O4. The quantitative estimate of drug-likeness (QED) is 0.489. The Bertz CT molecular complexity index is 1090. The number of aromatic nitrogens is 4. The van der Waals surface area contributed by atoms with Crippen LogP contribution in [0.25, 0.3) is 0 Å². The van der Waals surface area contributed by atoms with Crippen LogP contribution >= 0.6 is 0 Å². The molecule has 0 saturated carbocycles. The monoisotopic (exact) mass is 454 g/mol. The SMILES string of the molecule is CC(C)c1noc(CCC(=O)Nc2cccc(N(C)C(=O)CCc3nc(C(C)C)no3)c2)n1. The molecule has 2 amide bonds. The maximum atomic E-state index is 12.6. The molecule has 1 N–H and O–H groups in total. The highest BCUT2D eigenvalue weighted by molar-refractivity contribution is 5.95. The molecular weight excluding hydrogens is 424 g/mol. The molecule has 176 valence electrons. The zero-order valence-corrected chi connectivity index (χ0v) is 19.7. The van der Waals surface area contributed by atoms with E-state index in [2.05, 4.69) is 25.6 Å². The summed E-state index contributed by atoms with van der Waals surface area (Å²) < 4.78 is 10.4. The van der Waals surface area contributed by atoms with Crippen molar-refractivity contribution in [1.82, 2.24) is 20.3 Å². The molecule has 2 aromatic heterocycles. The van der Waals surface area contributed by atoms with Crippen LogP contribution in [0.2, 0.25) is 0 Å². The highest BCUT2D eigenvalue weighted by Gasteiger charge is 2.16. The molecule has 0 atom stereocenters. The van der Waals surface area contributed by atoms with E-state index >= 15 is 0 Å². The molecule has 10 heteroatoms. The van der Waals surface area contributed by atoms with Crippen molar-refractivity contribution in [1.29, 1.82) is 0 Å². The second-order valence-electron chi connectivity index (χ2n) is 8.45. The molecule has 0 aliphatic heterocycles. The summed E-state index contributed by atoms with van der Waals surface area (Å²) in [6.45, 7) is 7.91. The van der Waals surface area contributed by atoms with E-state index in [0.717, 1.165) is 0 Å². The van der Waals surface area contributed by atoms with Crippen molar-refractivity contribution in [3.8, 4) is 0 Å². The Kier molecular flexibility index (Phi) is 7.92. The number of anilines is 2. The largest absolute Gasteiger partial charge is 0.339 e. The molecule has 0 radical (unpaired) electrons. The fourth-order valence-corrected chi connectivity index (χ4v) is 2.97. The van der Waals surface area contributed by atoms with E-state index in [-0.39, 0.29) is 36.5 Å². The number of carbonyl (C=O) groups is 2. The minimum atomic E-state index is -0.178. The van der Waals surface area contributed by atoms with Gasteiger partial charge in [0.05, 0.1) is 0 Å². The van der Waals surface area contributed by atoms with Gasteiger partial charge in [-0.05, 0) is 18.2 Å². The van der Waals surface area contributed by atoms with Crippen molar-refractivity contribution < 1.29 is 18.6 Å². The van der Waals surface area contributed by atoms with Gasteiger partial charge in [-0.2, -0.15) is 9.97 Å². The summed E-state index contributed by atoms with van der Waals surface area (Å²) in [5, 5.41) is 10.7. The molecule has 2 heterocycles. The van der Waals surface area contributed by atoms with Gasteiger partial charge in [0.15, 0.2) is 11.6 Å². The number of nitrogens with one attached hydrogen (secondary N) is 1. The summed E-state index contributed by atoms with van der Waals surface area (Å²) in [6, 6.07) is 7.12. The third-order valence-electron chi connectivity index (χ3n) is 5.01. The van der Waals surface area contributed by atoms with Crippen molar-refractivity contribution >= 4 is 23.2 Å². The molecule has 10 nitrogen and oxygen atoms in total. The average Bonchev–Trinajstić information content (AvgIpc) is 3.45. The van der Waals surface area contributed by atoms with E-state index in [4.69, 9.17) is 9.05 Å². The Morgan fingerprint density at radius 2 is 1.52 bits per heavy atom. The van der Waals surface area contributed by atoms with Crippen molar-refractivity contribution in [2.45, 2.75) is 65.2 Å². The summed E-state index contributed by atoms with van der Waals surface area (Å²) in [5.41, 5.74) is 1.27. The average molecular weight is 455 g/mol. The fourth-order valence-electron chi connectivity index (χ4n) is 2.97. The fraction of sp³-hybridized carbons (Fsp3) is 0.478. The molecule has 3 rings (SSSR count). The summed E-state index contributed by atoms with van der Waals surface area (Å²) >= 11 is 0. The number of aryl methyl sites for hydroxylation is 2. The predicted octanol–water partition coefficient (Wildman–Crippen LogP) is 3.87. The molecule has 0 saturated heterocycles. The molecule has 0 spiro atoms. The highest BCUT2D eigenvalue weighted by Crippen LogP contribution is 2.20. The van der Waals surface area contributed by atoms with Gasteiger partial charge in [-0.1, -0.05) is 44.1 Å². The Labute approximate surface area is 192 Å². The van der Waals surface area contributed by atoms with Crippen molar-refractivity contribution in [2.75, 3.05) is 17.3 Å². The Balaban J connectivity index is 1.51. The maximum Gasteiger partial charge on any atom is 0.227 e. The van der Waals surface area contributed by atoms with Crippen LogP contribution in [-0.4, -0.2) is 39.1 Å². The van der Waals surface area contributed by atoms with Crippen LogP contribution in [-0.2, 0) is 22.4 Å². The number of amides is 2. The van der Waals surface area contributed by atoms with E-state index in [1.807, 2.05) is 33.8 Å². The number of hydrogen-bond donors (Lipinski definition) is 1. The van der Waals surface area contributed by atoms with Gasteiger partial charge in [-0.15, -0.1) is 0 Å². The number of carbonyl (C=O) groups excluding carboxylic acids is 2. The molecule has 1 aromatic carbocycles. The lowest BCUT2D eigenvalue weighted by atomic mass is 10.2. The first-order valence-electron chi connectivity index (χ1n) is 11.0. The summed E-state index contributed by atoms with van der Waals surface area (Å²) in [5.74, 6) is 2.21. The van der Waals surface area contributed by atoms with E-state index in [1.165, 1.54) is 0 Å². The lowest BCUT2D eigenvalue weighted by Gasteiger charge is -2.18. The van der Waals surface area contributed by atoms with Gasteiger partial charge < -0.3 is 19.3 Å². The van der Waals surface area contributed by atoms with Crippen molar-refractivity contribution in [3.05, 3.63) is 47.7 Å². The van der Waals surface area contributed by atoms with Gasteiger partial charge in [0.25, 0.3) is 0 Å². The summed E-state index contributed by atoms with van der Waals surface area (Å²) in [6.07, 6.45) is 1.17. The number of hydrogen-bond acceptors (Lipinski definition) is 8. The maximum absolute atomic E-state index is 12.6. The van der Waals surface area contributed by atoms with Crippen LogP contribution in [0, 0.1) is 0 Å². The van der Waals surface area contributed by atoms with Crippen LogP contribution in [0.5, 0.6) is 0 Å². The second-order valence-corrected chi connectivity index (χ2v) is 8.45. The summed E-state index contributed by atoms with van der Waals surface area (Å²) in [4.78, 5) is 35.1. The standard InChI is InChI=1S/C23H30N6O4/c1-14(2)22-25-19(32-27-22)10-9-18(30)24-16-7-6-8-17(13-16)29(5)21(31)12-11-20-26-23(15(3)4)28-33-20/h6-8,13-15H,9-12H2,1-5H3,(H,24,30). The van der Waals surface area contributed by atoms with Crippen LogP contribution < -0.4 is 10.2 Å². The Hall–Kier alpha value is -3.56. The first-order chi connectivity index (χ1) is 15.7. The first-order valence-corrected chi connectivity index (χ1v) is 11.0. The van der Waals surface area contributed by atoms with E-state index < -0.39 is 0 Å². The van der Waals surface area contributed by atoms with Gasteiger partial charge in [0, 0.05) is 55.9 Å². The van der Waals surface area contributed by atoms with Crippen molar-refractivity contribution in [3.63, 3.8) is 0 Å². The number of benzene rings is 1. The number of nitrogens with zero attached hydrogens (tertiary/aromatic N) is 5. The van der Waals surface area contributed by atoms with Crippen LogP contribution in [0.3, 0.4) is 0 Å². The van der Waals surface area contributed by atoms with Crippen LogP contribution in [0.4, 0.5) is 11.4 Å². The zero-order chi connectivity index (χ0) is 24.0. The topological polar surface area (TPSA) is 127 Å². The molecule has 3 aromatic rings. The predicted molar refractivity (Wildman–Crippen MR) is 122 cm³/mol. The molecule has 0 bridgehead atoms. The van der Waals surface area contributed by atoms with Crippen LogP contribution in [0.15, 0.2) is 33.3 Å². The van der Waals surface area contributed by atoms with E-state index in [1.54, 1.807) is 30.1 Å². The van der Waals surface area contributed by atoms with Crippen LogP contribution in [0.1, 0.15) is 75.8 Å².